The lowest BCUT2D eigenvalue weighted by Crippen LogP contribution is -2.42. The Morgan fingerprint density at radius 1 is 1.27 bits per heavy atom. The molecule has 0 spiro atoms. The van der Waals surface area contributed by atoms with Crippen LogP contribution >= 0.6 is 0 Å². The van der Waals surface area contributed by atoms with E-state index in [1.165, 1.54) is 6.08 Å². The maximum absolute atomic E-state index is 12.9. The van der Waals surface area contributed by atoms with Crippen molar-refractivity contribution in [2.75, 3.05) is 6.67 Å². The first-order chi connectivity index (χ1) is 7.13. The molecule has 1 aliphatic heterocycles. The quantitative estimate of drug-likeness (QED) is 0.703. The van der Waals surface area contributed by atoms with Crippen LogP contribution in [-0.2, 0) is 0 Å². The van der Waals surface area contributed by atoms with Gasteiger partial charge in [0, 0.05) is 11.8 Å². The van der Waals surface area contributed by atoms with Crippen LogP contribution in [0.2, 0.25) is 0 Å². The molecule has 0 atom stereocenters. The molecule has 5 heteroatoms. The van der Waals surface area contributed by atoms with Crippen molar-refractivity contribution in [3.8, 4) is 5.75 Å². The number of rotatable bonds is 2. The summed E-state index contributed by atoms with van der Waals surface area (Å²) in [6.07, 6.45) is 2.46. The fourth-order valence-electron chi connectivity index (χ4n) is 1.22. The highest BCUT2D eigenvalue weighted by atomic mass is 19.3. The third-order valence-electron chi connectivity index (χ3n) is 1.99. The Morgan fingerprint density at radius 2 is 2.00 bits per heavy atom. The Hall–Kier alpha value is -1.65. The standard InChI is InChI=1S/C10H8F3NO/c11-7-10(12,13)14-6-5-8-3-1-2-4-9(8)15-14/h1-6H,7H2. The Labute approximate surface area is 84.5 Å². The fraction of sp³-hybridized carbons (Fsp3) is 0.200. The largest absolute Gasteiger partial charge is 0.382 e. The number of hydroxylamine groups is 2. The molecule has 15 heavy (non-hydrogen) atoms. The summed E-state index contributed by atoms with van der Waals surface area (Å²) in [6.45, 7) is -1.79. The molecule has 0 N–H and O–H groups in total. The van der Waals surface area contributed by atoms with Crippen molar-refractivity contribution in [1.29, 1.82) is 0 Å². The molecular formula is C10H8F3NO. The zero-order valence-corrected chi connectivity index (χ0v) is 7.66. The molecule has 0 aromatic heterocycles. The first kappa shape index (κ1) is 9.89. The summed E-state index contributed by atoms with van der Waals surface area (Å²) in [4.78, 5) is 4.84. The average molecular weight is 215 g/mol. The average Bonchev–Trinajstić information content (AvgIpc) is 2.28. The van der Waals surface area contributed by atoms with E-state index in [0.717, 1.165) is 6.20 Å². The molecule has 0 saturated heterocycles. The van der Waals surface area contributed by atoms with E-state index in [0.29, 0.717) is 5.56 Å². The van der Waals surface area contributed by atoms with Gasteiger partial charge in [-0.25, -0.2) is 4.39 Å². The molecule has 0 saturated carbocycles. The van der Waals surface area contributed by atoms with Gasteiger partial charge in [-0.2, -0.15) is 8.78 Å². The molecule has 0 radical (unpaired) electrons. The summed E-state index contributed by atoms with van der Waals surface area (Å²) in [5.41, 5.74) is 0.684. The molecule has 0 aliphatic carbocycles. The van der Waals surface area contributed by atoms with Crippen LogP contribution in [-0.4, -0.2) is 17.8 Å². The van der Waals surface area contributed by atoms with Crippen LogP contribution in [0.25, 0.3) is 6.08 Å². The van der Waals surface area contributed by atoms with Crippen LogP contribution in [0, 0.1) is 0 Å². The number of benzene rings is 1. The van der Waals surface area contributed by atoms with E-state index >= 15 is 0 Å². The molecule has 2 rings (SSSR count). The van der Waals surface area contributed by atoms with Crippen LogP contribution < -0.4 is 4.84 Å². The zero-order valence-electron chi connectivity index (χ0n) is 7.66. The highest BCUT2D eigenvalue weighted by molar-refractivity contribution is 5.58. The Morgan fingerprint density at radius 3 is 2.73 bits per heavy atom. The van der Waals surface area contributed by atoms with Crippen molar-refractivity contribution in [2.24, 2.45) is 0 Å². The van der Waals surface area contributed by atoms with Gasteiger partial charge in [-0.1, -0.05) is 18.2 Å². The van der Waals surface area contributed by atoms with E-state index < -0.39 is 12.7 Å². The summed E-state index contributed by atoms with van der Waals surface area (Å²) < 4.78 is 37.8. The number of hydrogen-bond donors (Lipinski definition) is 0. The van der Waals surface area contributed by atoms with Crippen LogP contribution in [0.4, 0.5) is 13.2 Å². The van der Waals surface area contributed by atoms with E-state index in [2.05, 4.69) is 0 Å². The Kier molecular flexibility index (Phi) is 2.30. The molecular weight excluding hydrogens is 207 g/mol. The summed E-state index contributed by atoms with van der Waals surface area (Å²) >= 11 is 0. The maximum atomic E-state index is 12.9. The Bertz CT molecular complexity index is 392. The smallest absolute Gasteiger partial charge is 0.374 e. The van der Waals surface area contributed by atoms with Crippen LogP contribution in [0.3, 0.4) is 0 Å². The number of para-hydroxylation sites is 1. The van der Waals surface area contributed by atoms with Gasteiger partial charge in [0.15, 0.2) is 12.4 Å². The molecule has 0 bridgehead atoms. The number of alkyl halides is 3. The second-order valence-electron chi connectivity index (χ2n) is 3.07. The normalized spacial score (nSPS) is 14.7. The number of fused-ring (bicyclic) bond motifs is 1. The summed E-state index contributed by atoms with van der Waals surface area (Å²) in [5.74, 6) is 0.285. The minimum absolute atomic E-state index is 0.218. The highest BCUT2D eigenvalue weighted by Crippen LogP contribution is 2.30. The minimum Gasteiger partial charge on any atom is -0.374 e. The lowest BCUT2D eigenvalue weighted by atomic mass is 10.2. The predicted octanol–water partition coefficient (Wildman–Crippen LogP) is 2.83. The van der Waals surface area contributed by atoms with E-state index in [4.69, 9.17) is 4.84 Å². The highest BCUT2D eigenvalue weighted by Gasteiger charge is 2.38. The molecule has 0 amide bonds. The van der Waals surface area contributed by atoms with Gasteiger partial charge < -0.3 is 4.84 Å². The van der Waals surface area contributed by atoms with Gasteiger partial charge in [-0.3, -0.25) is 0 Å². The topological polar surface area (TPSA) is 12.5 Å². The van der Waals surface area contributed by atoms with E-state index in [1.54, 1.807) is 24.3 Å². The van der Waals surface area contributed by atoms with Crippen molar-refractivity contribution >= 4 is 6.08 Å². The lowest BCUT2D eigenvalue weighted by Gasteiger charge is -2.29. The SMILES string of the molecule is FCC(F)(F)N1C=Cc2ccccc2O1. The number of nitrogens with zero attached hydrogens (tertiary/aromatic N) is 1. The molecule has 1 aliphatic rings. The molecule has 0 fully saturated rings. The minimum atomic E-state index is -3.63. The molecule has 1 aromatic rings. The van der Waals surface area contributed by atoms with Crippen LogP contribution in [0.1, 0.15) is 5.56 Å². The molecule has 80 valence electrons. The number of halogens is 3. The van der Waals surface area contributed by atoms with Crippen LogP contribution in [0.15, 0.2) is 30.5 Å². The monoisotopic (exact) mass is 215 g/mol. The summed E-state index contributed by atoms with van der Waals surface area (Å²) in [7, 11) is 0. The van der Waals surface area contributed by atoms with Crippen molar-refractivity contribution in [1.82, 2.24) is 5.06 Å². The zero-order chi connectivity index (χ0) is 10.9. The van der Waals surface area contributed by atoms with E-state index in [1.807, 2.05) is 0 Å². The third kappa shape index (κ3) is 1.77. The third-order valence-corrected chi connectivity index (χ3v) is 1.99. The van der Waals surface area contributed by atoms with Gasteiger partial charge in [0.1, 0.15) is 0 Å². The first-order valence-corrected chi connectivity index (χ1v) is 4.32. The van der Waals surface area contributed by atoms with Crippen molar-refractivity contribution in [3.63, 3.8) is 0 Å². The number of hydrogen-bond acceptors (Lipinski definition) is 2. The van der Waals surface area contributed by atoms with Gasteiger partial charge in [-0.05, 0) is 12.1 Å². The maximum Gasteiger partial charge on any atom is 0.382 e. The van der Waals surface area contributed by atoms with Gasteiger partial charge in [0.2, 0.25) is 0 Å². The van der Waals surface area contributed by atoms with Crippen molar-refractivity contribution in [3.05, 3.63) is 36.0 Å². The predicted molar refractivity (Wildman–Crippen MR) is 48.9 cm³/mol. The second-order valence-corrected chi connectivity index (χ2v) is 3.07. The first-order valence-electron chi connectivity index (χ1n) is 4.32. The van der Waals surface area contributed by atoms with Crippen molar-refractivity contribution < 1.29 is 18.0 Å². The van der Waals surface area contributed by atoms with E-state index in [-0.39, 0.29) is 10.8 Å². The fourth-order valence-corrected chi connectivity index (χ4v) is 1.22. The molecule has 2 nitrogen and oxygen atoms in total. The Balaban J connectivity index is 2.26. The molecule has 1 aromatic carbocycles. The van der Waals surface area contributed by atoms with Gasteiger partial charge in [0.05, 0.1) is 0 Å². The van der Waals surface area contributed by atoms with Gasteiger partial charge in [0.25, 0.3) is 0 Å². The second kappa shape index (κ2) is 3.49. The van der Waals surface area contributed by atoms with Gasteiger partial charge in [-0.15, -0.1) is 5.06 Å². The lowest BCUT2D eigenvalue weighted by molar-refractivity contribution is -0.246. The molecule has 1 heterocycles. The van der Waals surface area contributed by atoms with Gasteiger partial charge >= 0.3 is 6.05 Å². The van der Waals surface area contributed by atoms with Crippen LogP contribution in [0.5, 0.6) is 5.75 Å². The van der Waals surface area contributed by atoms with Crippen molar-refractivity contribution in [2.45, 2.75) is 6.05 Å². The summed E-state index contributed by atoms with van der Waals surface area (Å²) in [6, 6.07) is 3.04. The molecule has 0 unspecified atom stereocenters. The van der Waals surface area contributed by atoms with E-state index in [9.17, 15) is 13.2 Å². The summed E-state index contributed by atoms with van der Waals surface area (Å²) in [5, 5.41) is 0.218.